The van der Waals surface area contributed by atoms with Gasteiger partial charge in [0.2, 0.25) is 0 Å². The third kappa shape index (κ3) is 3.77. The zero-order valence-corrected chi connectivity index (χ0v) is 20.9. The summed E-state index contributed by atoms with van der Waals surface area (Å²) in [6, 6.07) is 18.3. The van der Waals surface area contributed by atoms with Gasteiger partial charge in [-0.1, -0.05) is 64.1 Å². The van der Waals surface area contributed by atoms with E-state index in [1.807, 2.05) is 42.5 Å². The molecule has 1 aliphatic heterocycles. The number of hydrogen-bond donors (Lipinski definition) is 0. The zero-order chi connectivity index (χ0) is 24.3. The molecule has 0 bridgehead atoms. The van der Waals surface area contributed by atoms with Gasteiger partial charge >= 0.3 is 0 Å². The van der Waals surface area contributed by atoms with E-state index in [1.54, 1.807) is 7.11 Å². The fourth-order valence-electron chi connectivity index (χ4n) is 6.69. The summed E-state index contributed by atoms with van der Waals surface area (Å²) in [5, 5.41) is 0. The van der Waals surface area contributed by atoms with Gasteiger partial charge in [0.15, 0.2) is 5.78 Å². The van der Waals surface area contributed by atoms with Crippen LogP contribution in [0.3, 0.4) is 0 Å². The highest BCUT2D eigenvalue weighted by atomic mass is 16.5. The minimum atomic E-state index is -0.284. The second-order valence-corrected chi connectivity index (χ2v) is 11.8. The molecule has 34 heavy (non-hydrogen) atoms. The highest BCUT2D eigenvalue weighted by Gasteiger charge is 2.55. The second kappa shape index (κ2) is 8.11. The molecular weight excluding hydrogens is 422 g/mol. The summed E-state index contributed by atoms with van der Waals surface area (Å²) >= 11 is 0. The van der Waals surface area contributed by atoms with Crippen molar-refractivity contribution in [3.8, 4) is 5.75 Å². The molecule has 1 saturated carbocycles. The van der Waals surface area contributed by atoms with Crippen molar-refractivity contribution in [2.24, 2.45) is 16.7 Å². The number of rotatable bonds is 3. The Morgan fingerprint density at radius 2 is 1.53 bits per heavy atom. The van der Waals surface area contributed by atoms with Gasteiger partial charge in [0.25, 0.3) is 0 Å². The Morgan fingerprint density at radius 3 is 2.24 bits per heavy atom. The van der Waals surface area contributed by atoms with Crippen LogP contribution in [0, 0.1) is 16.7 Å². The molecule has 0 amide bonds. The van der Waals surface area contributed by atoms with E-state index in [0.717, 1.165) is 41.1 Å². The monoisotopic (exact) mass is 457 g/mol. The summed E-state index contributed by atoms with van der Waals surface area (Å²) in [6.07, 6.45) is 2.74. The van der Waals surface area contributed by atoms with Gasteiger partial charge in [-0.05, 0) is 41.9 Å². The number of Topliss-reactive ketones (excluding diaryl/α,β-unsaturated/α-hetero) is 2. The van der Waals surface area contributed by atoms with Crippen molar-refractivity contribution in [2.75, 3.05) is 12.0 Å². The van der Waals surface area contributed by atoms with Crippen molar-refractivity contribution in [3.63, 3.8) is 0 Å². The molecule has 4 nitrogen and oxygen atoms in total. The molecule has 0 spiro atoms. The van der Waals surface area contributed by atoms with Crippen LogP contribution in [0.1, 0.15) is 64.9 Å². The highest BCUT2D eigenvalue weighted by molar-refractivity contribution is 6.02. The van der Waals surface area contributed by atoms with Crippen LogP contribution in [-0.4, -0.2) is 24.7 Å². The van der Waals surface area contributed by atoms with E-state index in [0.29, 0.717) is 12.8 Å². The van der Waals surface area contributed by atoms with Crippen molar-refractivity contribution in [1.82, 2.24) is 0 Å². The molecule has 1 heterocycles. The van der Waals surface area contributed by atoms with E-state index in [9.17, 15) is 9.59 Å². The van der Waals surface area contributed by atoms with Gasteiger partial charge in [-0.25, -0.2) is 0 Å². The molecule has 2 aliphatic carbocycles. The minimum absolute atomic E-state index is 0.00554. The van der Waals surface area contributed by atoms with Gasteiger partial charge in [-0.2, -0.15) is 0 Å². The van der Waals surface area contributed by atoms with Crippen LogP contribution in [0.15, 0.2) is 65.9 Å². The molecule has 178 valence electrons. The maximum atomic E-state index is 13.9. The lowest BCUT2D eigenvalue weighted by Gasteiger charge is -2.55. The van der Waals surface area contributed by atoms with Gasteiger partial charge in [-0.15, -0.1) is 0 Å². The van der Waals surface area contributed by atoms with E-state index in [2.05, 4.69) is 44.7 Å². The molecule has 3 aliphatic rings. The lowest BCUT2D eigenvalue weighted by Crippen LogP contribution is -2.57. The molecule has 0 saturated heterocycles. The normalized spacial score (nSPS) is 27.8. The Balaban J connectivity index is 1.82. The summed E-state index contributed by atoms with van der Waals surface area (Å²) in [5.74, 6) is 0.611. The van der Waals surface area contributed by atoms with Crippen LogP contribution >= 0.6 is 0 Å². The lowest BCUT2D eigenvalue weighted by molar-refractivity contribution is -0.130. The molecule has 2 aromatic rings. The van der Waals surface area contributed by atoms with Crippen molar-refractivity contribution in [1.29, 1.82) is 0 Å². The standard InChI is InChI=1S/C30H35NO3/c1-29(2)15-21-27(23(32)17-29)26(20-13-9-10-14-25(20)34-5)28-22(16-30(3,4)18-24(28)33)31(21)19-11-7-6-8-12-19/h6-14,21,26-27H,15-18H2,1-5H3/t21-,26+,27+/m0/s1. The maximum absolute atomic E-state index is 13.9. The van der Waals surface area contributed by atoms with E-state index in [1.165, 1.54) is 0 Å². The Labute approximate surface area is 203 Å². The number of anilines is 1. The number of methoxy groups -OCH3 is 1. The molecular formula is C30H35NO3. The van der Waals surface area contributed by atoms with Crippen LogP contribution in [0.5, 0.6) is 5.75 Å². The molecule has 2 aromatic carbocycles. The number of ketones is 2. The minimum Gasteiger partial charge on any atom is -0.496 e. The third-order valence-electron chi connectivity index (χ3n) is 7.90. The number of carbonyl (C=O) groups excluding carboxylic acids is 2. The molecule has 0 aromatic heterocycles. The number of benzene rings is 2. The number of fused-ring (bicyclic) bond motifs is 1. The second-order valence-electron chi connectivity index (χ2n) is 11.8. The topological polar surface area (TPSA) is 46.6 Å². The Hall–Kier alpha value is -2.88. The van der Waals surface area contributed by atoms with Gasteiger partial charge in [0.05, 0.1) is 7.11 Å². The van der Waals surface area contributed by atoms with E-state index in [-0.39, 0.29) is 40.3 Å². The van der Waals surface area contributed by atoms with Gasteiger partial charge < -0.3 is 9.64 Å². The maximum Gasteiger partial charge on any atom is 0.161 e. The first kappa shape index (κ1) is 22.9. The molecule has 4 heteroatoms. The first-order chi connectivity index (χ1) is 16.1. The summed E-state index contributed by atoms with van der Waals surface area (Å²) in [7, 11) is 1.67. The number of carbonyl (C=O) groups is 2. The Bertz CT molecular complexity index is 1160. The van der Waals surface area contributed by atoms with Gasteiger partial charge in [0, 0.05) is 53.2 Å². The molecule has 0 N–H and O–H groups in total. The molecule has 1 fully saturated rings. The number of ether oxygens (including phenoxy) is 1. The Morgan fingerprint density at radius 1 is 0.853 bits per heavy atom. The van der Waals surface area contributed by atoms with Gasteiger partial charge in [-0.3, -0.25) is 9.59 Å². The summed E-state index contributed by atoms with van der Waals surface area (Å²) in [6.45, 7) is 8.75. The van der Waals surface area contributed by atoms with Crippen molar-refractivity contribution < 1.29 is 14.3 Å². The SMILES string of the molecule is COc1ccccc1[C@H]1C2=C(CC(C)(C)CC2=O)N(c2ccccc2)[C@H]2CC(C)(C)CC(=O)[C@H]12. The lowest BCUT2D eigenvalue weighted by atomic mass is 9.58. The molecule has 3 atom stereocenters. The molecule has 5 rings (SSSR count). The fourth-order valence-corrected chi connectivity index (χ4v) is 6.69. The quantitative estimate of drug-likeness (QED) is 0.541. The first-order valence-corrected chi connectivity index (χ1v) is 12.4. The van der Waals surface area contributed by atoms with Crippen LogP contribution in [0.2, 0.25) is 0 Å². The van der Waals surface area contributed by atoms with E-state index < -0.39 is 0 Å². The highest BCUT2D eigenvalue weighted by Crippen LogP contribution is 2.57. The number of nitrogens with zero attached hydrogens (tertiary/aromatic N) is 1. The summed E-state index contributed by atoms with van der Waals surface area (Å²) in [4.78, 5) is 30.2. The Kier molecular flexibility index (Phi) is 5.46. The predicted octanol–water partition coefficient (Wildman–Crippen LogP) is 6.32. The van der Waals surface area contributed by atoms with E-state index in [4.69, 9.17) is 4.74 Å². The zero-order valence-electron chi connectivity index (χ0n) is 20.9. The average molecular weight is 458 g/mol. The van der Waals surface area contributed by atoms with Crippen LogP contribution in [0.4, 0.5) is 5.69 Å². The fraction of sp³-hybridized carbons (Fsp3) is 0.467. The van der Waals surface area contributed by atoms with Crippen LogP contribution in [-0.2, 0) is 9.59 Å². The van der Waals surface area contributed by atoms with Gasteiger partial charge in [0.1, 0.15) is 11.5 Å². The largest absolute Gasteiger partial charge is 0.496 e. The number of hydrogen-bond acceptors (Lipinski definition) is 4. The van der Waals surface area contributed by atoms with E-state index >= 15 is 0 Å². The van der Waals surface area contributed by atoms with Crippen molar-refractivity contribution in [2.45, 2.75) is 65.3 Å². The molecule has 0 radical (unpaired) electrons. The summed E-state index contributed by atoms with van der Waals surface area (Å²) in [5.41, 5.74) is 3.72. The predicted molar refractivity (Wildman–Crippen MR) is 135 cm³/mol. The summed E-state index contributed by atoms with van der Waals surface area (Å²) < 4.78 is 5.76. The number of para-hydroxylation sites is 2. The van der Waals surface area contributed by atoms with Crippen molar-refractivity contribution in [3.05, 3.63) is 71.4 Å². The van der Waals surface area contributed by atoms with Crippen molar-refractivity contribution >= 4 is 17.3 Å². The smallest absolute Gasteiger partial charge is 0.161 e. The molecule has 0 unspecified atom stereocenters. The average Bonchev–Trinajstić information content (AvgIpc) is 2.76. The number of allylic oxidation sites excluding steroid dienone is 2. The first-order valence-electron chi connectivity index (χ1n) is 12.4. The third-order valence-corrected chi connectivity index (χ3v) is 7.90. The van der Waals surface area contributed by atoms with Crippen LogP contribution in [0.25, 0.3) is 0 Å². The van der Waals surface area contributed by atoms with Crippen LogP contribution < -0.4 is 9.64 Å².